The molecule has 1 atom stereocenters. The zero-order valence-corrected chi connectivity index (χ0v) is 18.4. The van der Waals surface area contributed by atoms with E-state index in [4.69, 9.17) is 4.98 Å². The molecule has 0 bridgehead atoms. The van der Waals surface area contributed by atoms with Crippen LogP contribution in [0.3, 0.4) is 0 Å². The smallest absolute Gasteiger partial charge is 0.147 e. The number of benzene rings is 1. The molecule has 4 aromatic rings. The Morgan fingerprint density at radius 1 is 1.14 bits per heavy atom. The van der Waals surface area contributed by atoms with Gasteiger partial charge in [0.15, 0.2) is 0 Å². The number of thiophene rings is 2. The summed E-state index contributed by atoms with van der Waals surface area (Å²) in [7, 11) is 0. The molecular formula is C22H17NOS4. The van der Waals surface area contributed by atoms with Crippen LogP contribution in [-0.4, -0.2) is 11.3 Å². The fourth-order valence-corrected chi connectivity index (χ4v) is 7.85. The van der Waals surface area contributed by atoms with Crippen molar-refractivity contribution < 1.29 is 4.79 Å². The third-order valence-electron chi connectivity index (χ3n) is 4.86. The van der Waals surface area contributed by atoms with Crippen molar-refractivity contribution in [3.63, 3.8) is 0 Å². The minimum absolute atomic E-state index is 0.317. The van der Waals surface area contributed by atoms with Crippen LogP contribution in [0.25, 0.3) is 25.0 Å². The molecule has 0 spiro atoms. The van der Waals surface area contributed by atoms with Crippen molar-refractivity contribution >= 4 is 67.2 Å². The fourth-order valence-electron chi connectivity index (χ4n) is 3.38. The highest BCUT2D eigenvalue weighted by Gasteiger charge is 2.29. The van der Waals surface area contributed by atoms with Crippen LogP contribution in [0, 0.1) is 0 Å². The molecule has 3 aromatic heterocycles. The molecule has 1 aliphatic heterocycles. The average Bonchev–Trinajstić information content (AvgIpc) is 3.51. The van der Waals surface area contributed by atoms with Crippen LogP contribution in [0.4, 0.5) is 0 Å². The van der Waals surface area contributed by atoms with Crippen molar-refractivity contribution in [3.8, 4) is 9.88 Å². The number of thioether (sulfide) groups is 1. The lowest BCUT2D eigenvalue weighted by Gasteiger charge is -2.06. The molecule has 5 rings (SSSR count). The highest BCUT2D eigenvalue weighted by atomic mass is 32.2. The molecule has 0 radical (unpaired) electrons. The SMILES string of the molecule is CCc1ccc2sc(-c3ccc(C4CC(C=O)=C(c5cccs5)S4)s3)nc2c1. The summed E-state index contributed by atoms with van der Waals surface area (Å²) in [5, 5.41) is 3.47. The summed E-state index contributed by atoms with van der Waals surface area (Å²) in [4.78, 5) is 21.4. The molecule has 1 aliphatic rings. The highest BCUT2D eigenvalue weighted by Crippen LogP contribution is 2.54. The maximum Gasteiger partial charge on any atom is 0.147 e. The van der Waals surface area contributed by atoms with Crippen molar-refractivity contribution in [2.45, 2.75) is 25.0 Å². The van der Waals surface area contributed by atoms with E-state index >= 15 is 0 Å². The van der Waals surface area contributed by atoms with Gasteiger partial charge >= 0.3 is 0 Å². The topological polar surface area (TPSA) is 30.0 Å². The van der Waals surface area contributed by atoms with E-state index in [-0.39, 0.29) is 0 Å². The number of allylic oxidation sites excluding steroid dienone is 1. The third-order valence-corrected chi connectivity index (χ3v) is 9.85. The highest BCUT2D eigenvalue weighted by molar-refractivity contribution is 8.09. The Bertz CT molecular complexity index is 1180. The number of hydrogen-bond donors (Lipinski definition) is 0. The Hall–Kier alpha value is -1.73. The molecule has 0 fully saturated rings. The molecule has 1 aromatic carbocycles. The molecule has 0 saturated carbocycles. The molecule has 2 nitrogen and oxygen atoms in total. The number of thiazole rings is 1. The van der Waals surface area contributed by atoms with Crippen LogP contribution in [0.1, 0.15) is 33.9 Å². The number of rotatable bonds is 5. The van der Waals surface area contributed by atoms with Crippen molar-refractivity contribution in [1.82, 2.24) is 4.98 Å². The number of aldehydes is 1. The number of nitrogens with zero attached hydrogens (tertiary/aromatic N) is 1. The van der Waals surface area contributed by atoms with Gasteiger partial charge in [-0.1, -0.05) is 19.1 Å². The van der Waals surface area contributed by atoms with Gasteiger partial charge in [-0.25, -0.2) is 4.98 Å². The zero-order chi connectivity index (χ0) is 19.1. The van der Waals surface area contributed by atoms with Gasteiger partial charge in [-0.05, 0) is 54.1 Å². The lowest BCUT2D eigenvalue weighted by molar-refractivity contribution is -0.104. The normalized spacial score (nSPS) is 17.0. The van der Waals surface area contributed by atoms with Crippen LogP contribution in [0.2, 0.25) is 0 Å². The number of aromatic nitrogens is 1. The summed E-state index contributed by atoms with van der Waals surface area (Å²) < 4.78 is 1.24. The van der Waals surface area contributed by atoms with Gasteiger partial charge in [0.25, 0.3) is 0 Å². The Balaban J connectivity index is 1.42. The molecule has 6 heteroatoms. The summed E-state index contributed by atoms with van der Waals surface area (Å²) in [5.74, 6) is 0. The largest absolute Gasteiger partial charge is 0.298 e. The van der Waals surface area contributed by atoms with Gasteiger partial charge < -0.3 is 0 Å². The predicted octanol–water partition coefficient (Wildman–Crippen LogP) is 7.44. The fraction of sp³-hybridized carbons (Fsp3) is 0.182. The molecule has 0 aliphatic carbocycles. The number of carbonyl (C=O) groups excluding carboxylic acids is 1. The monoisotopic (exact) mass is 439 g/mol. The first kappa shape index (κ1) is 18.3. The predicted molar refractivity (Wildman–Crippen MR) is 125 cm³/mol. The third kappa shape index (κ3) is 3.28. The van der Waals surface area contributed by atoms with Gasteiger partial charge in [0.05, 0.1) is 15.1 Å². The quantitative estimate of drug-likeness (QED) is 0.303. The van der Waals surface area contributed by atoms with Gasteiger partial charge in [-0.15, -0.1) is 45.8 Å². The zero-order valence-electron chi connectivity index (χ0n) is 15.2. The van der Waals surface area contributed by atoms with Crippen molar-refractivity contribution in [2.75, 3.05) is 0 Å². The second-order valence-electron chi connectivity index (χ2n) is 6.64. The molecule has 1 unspecified atom stereocenters. The Morgan fingerprint density at radius 3 is 2.86 bits per heavy atom. The van der Waals surface area contributed by atoms with Crippen LogP contribution < -0.4 is 0 Å². The van der Waals surface area contributed by atoms with Crippen LogP contribution in [0.15, 0.2) is 53.4 Å². The van der Waals surface area contributed by atoms with Gasteiger partial charge in [-0.2, -0.15) is 0 Å². The van der Waals surface area contributed by atoms with Crippen molar-refractivity contribution in [3.05, 3.63) is 68.7 Å². The van der Waals surface area contributed by atoms with Crippen LogP contribution in [-0.2, 0) is 11.2 Å². The maximum atomic E-state index is 11.6. The van der Waals surface area contributed by atoms with Gasteiger partial charge in [0, 0.05) is 25.5 Å². The first-order chi connectivity index (χ1) is 13.7. The summed E-state index contributed by atoms with van der Waals surface area (Å²) in [6.45, 7) is 2.17. The van der Waals surface area contributed by atoms with Crippen LogP contribution >= 0.6 is 45.8 Å². The van der Waals surface area contributed by atoms with E-state index in [0.29, 0.717) is 5.25 Å². The minimum atomic E-state index is 0.317. The summed E-state index contributed by atoms with van der Waals surface area (Å²) in [6, 6.07) is 15.1. The van der Waals surface area contributed by atoms with E-state index in [1.807, 2.05) is 29.2 Å². The lowest BCUT2D eigenvalue weighted by Crippen LogP contribution is -1.87. The minimum Gasteiger partial charge on any atom is -0.298 e. The average molecular weight is 440 g/mol. The summed E-state index contributed by atoms with van der Waals surface area (Å²) in [5.41, 5.74) is 3.35. The number of hydrogen-bond acceptors (Lipinski definition) is 6. The Kier molecular flexibility index (Phi) is 4.97. The summed E-state index contributed by atoms with van der Waals surface area (Å²) >= 11 is 7.09. The van der Waals surface area contributed by atoms with Gasteiger partial charge in [0.2, 0.25) is 0 Å². The number of carbonyl (C=O) groups is 1. The lowest BCUT2D eigenvalue weighted by atomic mass is 10.1. The first-order valence-electron chi connectivity index (χ1n) is 9.13. The number of fused-ring (bicyclic) bond motifs is 1. The van der Waals surface area contributed by atoms with E-state index in [0.717, 1.165) is 40.1 Å². The molecule has 28 heavy (non-hydrogen) atoms. The van der Waals surface area contributed by atoms with E-state index in [1.54, 1.807) is 22.7 Å². The van der Waals surface area contributed by atoms with Crippen molar-refractivity contribution in [1.29, 1.82) is 0 Å². The molecule has 0 saturated heterocycles. The Morgan fingerprint density at radius 2 is 2.07 bits per heavy atom. The second kappa shape index (κ2) is 7.59. The molecular weight excluding hydrogens is 423 g/mol. The molecule has 0 amide bonds. The van der Waals surface area contributed by atoms with E-state index in [9.17, 15) is 4.79 Å². The van der Waals surface area contributed by atoms with Gasteiger partial charge in [0.1, 0.15) is 11.3 Å². The van der Waals surface area contributed by atoms with Crippen LogP contribution in [0.5, 0.6) is 0 Å². The van der Waals surface area contributed by atoms with E-state index < -0.39 is 0 Å². The van der Waals surface area contributed by atoms with E-state index in [1.165, 1.54) is 24.9 Å². The maximum absolute atomic E-state index is 11.6. The van der Waals surface area contributed by atoms with Crippen molar-refractivity contribution in [2.24, 2.45) is 0 Å². The molecule has 4 heterocycles. The second-order valence-corrected chi connectivity index (χ2v) is 10.9. The summed E-state index contributed by atoms with van der Waals surface area (Å²) in [6.07, 6.45) is 2.87. The molecule has 0 N–H and O–H groups in total. The Labute approximate surface area is 180 Å². The van der Waals surface area contributed by atoms with Gasteiger partial charge in [-0.3, -0.25) is 4.79 Å². The first-order valence-corrected chi connectivity index (χ1v) is 12.5. The van der Waals surface area contributed by atoms with E-state index in [2.05, 4.69) is 48.7 Å². The standard InChI is InChI=1S/C22H17NOS4/c1-2-13-5-6-16-15(10-13)23-22(28-16)19-8-7-17(26-19)20-11-14(12-24)21(27-20)18-4-3-9-25-18/h3-10,12,20H,2,11H2,1H3. The number of aryl methyl sites for hydroxylation is 1. The molecule has 140 valence electrons.